The molecule has 4 heteroatoms. The second-order valence-electron chi connectivity index (χ2n) is 5.41. The molecule has 0 aromatic heterocycles. The van der Waals surface area contributed by atoms with Crippen LogP contribution in [-0.2, 0) is 4.79 Å². The molecule has 1 fully saturated rings. The molecule has 0 aliphatic heterocycles. The van der Waals surface area contributed by atoms with Crippen molar-refractivity contribution in [2.45, 2.75) is 44.7 Å². The van der Waals surface area contributed by atoms with Crippen LogP contribution in [0.2, 0.25) is 0 Å². The second kappa shape index (κ2) is 6.15. The van der Waals surface area contributed by atoms with Crippen molar-refractivity contribution in [2.24, 2.45) is 11.7 Å². The average molecular weight is 264 g/mol. The molecular formula is C15H21FN2O. The molecule has 1 aliphatic rings. The quantitative estimate of drug-likeness (QED) is 0.881. The fourth-order valence-electron chi connectivity index (χ4n) is 2.66. The largest absolute Gasteiger partial charge is 0.349 e. The zero-order valence-electron chi connectivity index (χ0n) is 11.2. The van der Waals surface area contributed by atoms with Gasteiger partial charge in [-0.3, -0.25) is 4.79 Å². The van der Waals surface area contributed by atoms with Crippen molar-refractivity contribution in [3.63, 3.8) is 0 Å². The molecule has 0 bridgehead atoms. The fraction of sp³-hybridized carbons (Fsp3) is 0.533. The van der Waals surface area contributed by atoms with Crippen molar-refractivity contribution in [1.82, 2.24) is 5.32 Å². The Balaban J connectivity index is 1.94. The molecule has 2 unspecified atom stereocenters. The fourth-order valence-corrected chi connectivity index (χ4v) is 2.66. The average Bonchev–Trinajstić information content (AvgIpc) is 2.38. The van der Waals surface area contributed by atoms with Gasteiger partial charge in [0.15, 0.2) is 0 Å². The Morgan fingerprint density at radius 2 is 2.26 bits per heavy atom. The van der Waals surface area contributed by atoms with Crippen molar-refractivity contribution in [2.75, 3.05) is 0 Å². The van der Waals surface area contributed by atoms with Crippen LogP contribution in [0.4, 0.5) is 4.39 Å². The molecule has 1 aliphatic carbocycles. The lowest BCUT2D eigenvalue weighted by molar-refractivity contribution is -0.126. The van der Waals surface area contributed by atoms with Gasteiger partial charge in [-0.05, 0) is 43.9 Å². The topological polar surface area (TPSA) is 55.1 Å². The summed E-state index contributed by atoms with van der Waals surface area (Å²) in [6, 6.07) is 6.29. The van der Waals surface area contributed by atoms with Gasteiger partial charge >= 0.3 is 0 Å². The lowest BCUT2D eigenvalue weighted by atomic mass is 9.85. The van der Waals surface area contributed by atoms with Crippen LogP contribution in [0.25, 0.3) is 0 Å². The zero-order chi connectivity index (χ0) is 13.8. The van der Waals surface area contributed by atoms with E-state index in [-0.39, 0.29) is 29.7 Å². The first-order valence-corrected chi connectivity index (χ1v) is 6.87. The molecule has 0 heterocycles. The molecule has 1 saturated carbocycles. The van der Waals surface area contributed by atoms with E-state index in [1.165, 1.54) is 12.1 Å². The number of amides is 1. The number of carbonyl (C=O) groups is 1. The highest BCUT2D eigenvalue weighted by molar-refractivity contribution is 5.79. The number of nitrogens with one attached hydrogen (secondary N) is 1. The minimum Gasteiger partial charge on any atom is -0.349 e. The molecule has 2 rings (SSSR count). The molecular weight excluding hydrogens is 243 g/mol. The highest BCUT2D eigenvalue weighted by Gasteiger charge is 2.26. The summed E-state index contributed by atoms with van der Waals surface area (Å²) in [4.78, 5) is 12.2. The van der Waals surface area contributed by atoms with Gasteiger partial charge in [-0.25, -0.2) is 4.39 Å². The monoisotopic (exact) mass is 264 g/mol. The van der Waals surface area contributed by atoms with Gasteiger partial charge in [0.05, 0.1) is 6.04 Å². The predicted octanol–water partition coefficient (Wildman–Crippen LogP) is 2.52. The van der Waals surface area contributed by atoms with E-state index in [9.17, 15) is 9.18 Å². The van der Waals surface area contributed by atoms with Crippen molar-refractivity contribution in [3.05, 3.63) is 35.6 Å². The summed E-state index contributed by atoms with van der Waals surface area (Å²) < 4.78 is 13.1. The summed E-state index contributed by atoms with van der Waals surface area (Å²) in [6.45, 7) is 1.87. The molecule has 1 aromatic rings. The van der Waals surface area contributed by atoms with Gasteiger partial charge in [0, 0.05) is 12.0 Å². The van der Waals surface area contributed by atoms with E-state index >= 15 is 0 Å². The summed E-state index contributed by atoms with van der Waals surface area (Å²) in [5.41, 5.74) is 6.68. The zero-order valence-corrected chi connectivity index (χ0v) is 11.2. The van der Waals surface area contributed by atoms with Gasteiger partial charge in [-0.1, -0.05) is 18.6 Å². The third-order valence-electron chi connectivity index (χ3n) is 3.79. The second-order valence-corrected chi connectivity index (χ2v) is 5.41. The maximum Gasteiger partial charge on any atom is 0.223 e. The van der Waals surface area contributed by atoms with Crippen LogP contribution >= 0.6 is 0 Å². The molecule has 104 valence electrons. The van der Waals surface area contributed by atoms with Gasteiger partial charge in [-0.2, -0.15) is 0 Å². The van der Waals surface area contributed by atoms with Crippen LogP contribution < -0.4 is 11.1 Å². The van der Waals surface area contributed by atoms with Crippen LogP contribution in [-0.4, -0.2) is 11.9 Å². The standard InChI is InChI=1S/C15H21FN2O/c1-10(11-4-2-6-13(16)8-11)18-15(19)12-5-3-7-14(17)9-12/h2,4,6,8,10,12,14H,3,5,7,9,17H2,1H3,(H,18,19)/t10-,12?,14?/m0/s1. The Kier molecular flexibility index (Phi) is 4.53. The van der Waals surface area contributed by atoms with E-state index in [2.05, 4.69) is 5.32 Å². The van der Waals surface area contributed by atoms with Crippen LogP contribution in [0, 0.1) is 11.7 Å². The molecule has 1 aromatic carbocycles. The van der Waals surface area contributed by atoms with Gasteiger partial charge < -0.3 is 11.1 Å². The molecule has 3 atom stereocenters. The lowest BCUT2D eigenvalue weighted by Gasteiger charge is -2.27. The molecule has 0 radical (unpaired) electrons. The summed E-state index contributed by atoms with van der Waals surface area (Å²) in [5, 5.41) is 2.95. The normalized spacial score (nSPS) is 24.8. The van der Waals surface area contributed by atoms with Crippen LogP contribution in [0.15, 0.2) is 24.3 Å². The Morgan fingerprint density at radius 3 is 2.95 bits per heavy atom. The third-order valence-corrected chi connectivity index (χ3v) is 3.79. The van der Waals surface area contributed by atoms with Crippen molar-refractivity contribution < 1.29 is 9.18 Å². The number of hydrogen-bond donors (Lipinski definition) is 2. The molecule has 3 N–H and O–H groups in total. The summed E-state index contributed by atoms with van der Waals surface area (Å²) in [7, 11) is 0. The minimum absolute atomic E-state index is 0.000223. The number of nitrogens with two attached hydrogens (primary N) is 1. The smallest absolute Gasteiger partial charge is 0.223 e. The molecule has 1 amide bonds. The van der Waals surface area contributed by atoms with E-state index in [1.54, 1.807) is 6.07 Å². The van der Waals surface area contributed by atoms with Gasteiger partial charge in [0.25, 0.3) is 0 Å². The van der Waals surface area contributed by atoms with Crippen LogP contribution in [0.1, 0.15) is 44.2 Å². The number of benzene rings is 1. The predicted molar refractivity (Wildman–Crippen MR) is 72.9 cm³/mol. The maximum atomic E-state index is 13.1. The number of rotatable bonds is 3. The van der Waals surface area contributed by atoms with Crippen molar-refractivity contribution >= 4 is 5.91 Å². The first-order valence-electron chi connectivity index (χ1n) is 6.87. The lowest BCUT2D eigenvalue weighted by Crippen LogP contribution is -2.38. The molecule has 3 nitrogen and oxygen atoms in total. The maximum absolute atomic E-state index is 13.1. The summed E-state index contributed by atoms with van der Waals surface area (Å²) >= 11 is 0. The highest BCUT2D eigenvalue weighted by Crippen LogP contribution is 2.24. The van der Waals surface area contributed by atoms with E-state index in [0.29, 0.717) is 0 Å². The third kappa shape index (κ3) is 3.77. The van der Waals surface area contributed by atoms with Gasteiger partial charge in [0.2, 0.25) is 5.91 Å². The number of halogens is 1. The summed E-state index contributed by atoms with van der Waals surface area (Å²) in [5.74, 6) is -0.245. The highest BCUT2D eigenvalue weighted by atomic mass is 19.1. The molecule has 19 heavy (non-hydrogen) atoms. The number of carbonyl (C=O) groups excluding carboxylic acids is 1. The van der Waals surface area contributed by atoms with E-state index in [1.807, 2.05) is 13.0 Å². The van der Waals surface area contributed by atoms with Crippen LogP contribution in [0.3, 0.4) is 0 Å². The van der Waals surface area contributed by atoms with Gasteiger partial charge in [-0.15, -0.1) is 0 Å². The number of hydrogen-bond acceptors (Lipinski definition) is 2. The first-order chi connectivity index (χ1) is 9.06. The Labute approximate surface area is 113 Å². The van der Waals surface area contributed by atoms with Gasteiger partial charge in [0.1, 0.15) is 5.82 Å². The van der Waals surface area contributed by atoms with Crippen LogP contribution in [0.5, 0.6) is 0 Å². The van der Waals surface area contributed by atoms with E-state index in [0.717, 1.165) is 31.2 Å². The first kappa shape index (κ1) is 14.0. The van der Waals surface area contributed by atoms with Crippen molar-refractivity contribution in [3.8, 4) is 0 Å². The Morgan fingerprint density at radius 1 is 1.47 bits per heavy atom. The minimum atomic E-state index is -0.279. The molecule has 0 saturated heterocycles. The SMILES string of the molecule is C[C@H](NC(=O)C1CCCC(N)C1)c1cccc(F)c1. The Hall–Kier alpha value is -1.42. The summed E-state index contributed by atoms with van der Waals surface area (Å²) in [6.07, 6.45) is 3.66. The Bertz CT molecular complexity index is 450. The van der Waals surface area contributed by atoms with E-state index in [4.69, 9.17) is 5.73 Å². The van der Waals surface area contributed by atoms with Crippen molar-refractivity contribution in [1.29, 1.82) is 0 Å². The van der Waals surface area contributed by atoms with E-state index < -0.39 is 0 Å². The molecule has 0 spiro atoms.